The Labute approximate surface area is 87.8 Å². The summed E-state index contributed by atoms with van der Waals surface area (Å²) in [4.78, 5) is 0. The molecule has 0 radical (unpaired) electrons. The molecule has 2 rings (SSSR count). The molecule has 15 heavy (non-hydrogen) atoms. The molecule has 74 valence electrons. The number of hydrogen-bond acceptors (Lipinski definition) is 3. The van der Waals surface area contributed by atoms with Crippen LogP contribution in [0.4, 0.5) is 0 Å². The molecule has 0 unspecified atom stereocenters. The Morgan fingerprint density at radius 1 is 1.27 bits per heavy atom. The minimum Gasteiger partial charge on any atom is -0.248 e. The third-order valence-electron chi connectivity index (χ3n) is 2.03. The van der Waals surface area contributed by atoms with Crippen molar-refractivity contribution in [3.8, 4) is 6.07 Å². The van der Waals surface area contributed by atoms with E-state index < -0.39 is 0 Å². The maximum Gasteiger partial charge on any atom is 0.0967 e. The lowest BCUT2D eigenvalue weighted by Gasteiger charge is -1.98. The van der Waals surface area contributed by atoms with Crippen molar-refractivity contribution in [1.82, 2.24) is 15.0 Å². The summed E-state index contributed by atoms with van der Waals surface area (Å²) < 4.78 is 1.74. The fraction of sp³-hybridized carbons (Fsp3) is 0.182. The monoisotopic (exact) mass is 198 g/mol. The first kappa shape index (κ1) is 9.41. The third kappa shape index (κ3) is 2.41. The molecule has 0 aliphatic rings. The number of hydrogen-bond donors (Lipinski definition) is 0. The molecule has 0 fully saturated rings. The van der Waals surface area contributed by atoms with Crippen LogP contribution >= 0.6 is 0 Å². The van der Waals surface area contributed by atoms with Crippen LogP contribution in [0.25, 0.3) is 0 Å². The van der Waals surface area contributed by atoms with Crippen LogP contribution in [0.2, 0.25) is 0 Å². The first-order chi connectivity index (χ1) is 7.38. The molecule has 0 aliphatic carbocycles. The van der Waals surface area contributed by atoms with Gasteiger partial charge in [0.1, 0.15) is 0 Å². The highest BCUT2D eigenvalue weighted by Gasteiger charge is 2.00. The van der Waals surface area contributed by atoms with Gasteiger partial charge in [-0.25, -0.2) is 4.68 Å². The number of nitrogens with zero attached hydrogens (tertiary/aromatic N) is 4. The van der Waals surface area contributed by atoms with Crippen molar-refractivity contribution in [2.75, 3.05) is 0 Å². The van der Waals surface area contributed by atoms with Crippen molar-refractivity contribution in [1.29, 1.82) is 5.26 Å². The maximum atomic E-state index is 8.49. The number of aromatic nitrogens is 3. The second kappa shape index (κ2) is 4.38. The van der Waals surface area contributed by atoms with Gasteiger partial charge < -0.3 is 0 Å². The molecule has 0 atom stereocenters. The summed E-state index contributed by atoms with van der Waals surface area (Å²) in [6.07, 6.45) is 2.12. The SMILES string of the molecule is N#CCc1cn(Cc2ccccc2)nn1. The lowest BCUT2D eigenvalue weighted by Crippen LogP contribution is -1.99. The Hall–Kier alpha value is -2.15. The Bertz CT molecular complexity index is 467. The summed E-state index contributed by atoms with van der Waals surface area (Å²) >= 11 is 0. The molecule has 1 aromatic carbocycles. The third-order valence-corrected chi connectivity index (χ3v) is 2.03. The van der Waals surface area contributed by atoms with Crippen LogP contribution in [0.3, 0.4) is 0 Å². The molecule has 4 heteroatoms. The van der Waals surface area contributed by atoms with Gasteiger partial charge in [0.15, 0.2) is 0 Å². The molecule has 0 amide bonds. The topological polar surface area (TPSA) is 54.5 Å². The van der Waals surface area contributed by atoms with Gasteiger partial charge in [0.2, 0.25) is 0 Å². The molecule has 2 aromatic rings. The van der Waals surface area contributed by atoms with Gasteiger partial charge in [0.25, 0.3) is 0 Å². The van der Waals surface area contributed by atoms with E-state index in [4.69, 9.17) is 5.26 Å². The minimum absolute atomic E-state index is 0.314. The van der Waals surface area contributed by atoms with Crippen molar-refractivity contribution in [3.05, 3.63) is 47.8 Å². The molecular formula is C11H10N4. The minimum atomic E-state index is 0.314. The zero-order valence-corrected chi connectivity index (χ0v) is 8.17. The number of benzene rings is 1. The fourth-order valence-corrected chi connectivity index (χ4v) is 1.35. The lowest BCUT2D eigenvalue weighted by molar-refractivity contribution is 0.649. The van der Waals surface area contributed by atoms with Crippen LogP contribution < -0.4 is 0 Å². The summed E-state index contributed by atoms with van der Waals surface area (Å²) in [5.74, 6) is 0. The van der Waals surface area contributed by atoms with Crippen molar-refractivity contribution in [3.63, 3.8) is 0 Å². The first-order valence-electron chi connectivity index (χ1n) is 4.68. The van der Waals surface area contributed by atoms with E-state index in [-0.39, 0.29) is 0 Å². The van der Waals surface area contributed by atoms with Gasteiger partial charge in [-0.15, -0.1) is 5.10 Å². The quantitative estimate of drug-likeness (QED) is 0.748. The van der Waals surface area contributed by atoms with Crippen molar-refractivity contribution in [2.24, 2.45) is 0 Å². The van der Waals surface area contributed by atoms with Crippen LogP contribution in [0.1, 0.15) is 11.3 Å². The molecule has 4 nitrogen and oxygen atoms in total. The van der Waals surface area contributed by atoms with E-state index in [1.54, 1.807) is 10.9 Å². The highest BCUT2D eigenvalue weighted by Crippen LogP contribution is 2.02. The van der Waals surface area contributed by atoms with E-state index >= 15 is 0 Å². The Morgan fingerprint density at radius 3 is 2.80 bits per heavy atom. The standard InChI is InChI=1S/C11H10N4/c12-7-6-11-9-15(14-13-11)8-10-4-2-1-3-5-10/h1-5,9H,6,8H2. The number of nitriles is 1. The summed E-state index contributed by atoms with van der Waals surface area (Å²) in [5, 5.41) is 16.3. The molecule has 0 aliphatic heterocycles. The zero-order chi connectivity index (χ0) is 10.5. The summed E-state index contributed by atoms with van der Waals surface area (Å²) in [6.45, 7) is 0.694. The molecule has 0 spiro atoms. The average Bonchev–Trinajstić information content (AvgIpc) is 2.68. The van der Waals surface area contributed by atoms with Gasteiger partial charge >= 0.3 is 0 Å². The Morgan fingerprint density at radius 2 is 2.07 bits per heavy atom. The molecular weight excluding hydrogens is 188 g/mol. The zero-order valence-electron chi connectivity index (χ0n) is 8.17. The molecule has 0 saturated heterocycles. The van der Waals surface area contributed by atoms with Gasteiger partial charge in [-0.1, -0.05) is 35.5 Å². The van der Waals surface area contributed by atoms with Crippen molar-refractivity contribution < 1.29 is 0 Å². The van der Waals surface area contributed by atoms with E-state index in [0.29, 0.717) is 18.7 Å². The van der Waals surface area contributed by atoms with Gasteiger partial charge in [-0.3, -0.25) is 0 Å². The second-order valence-corrected chi connectivity index (χ2v) is 3.23. The van der Waals surface area contributed by atoms with Gasteiger partial charge in [-0.05, 0) is 5.56 Å². The highest BCUT2D eigenvalue weighted by molar-refractivity contribution is 5.15. The van der Waals surface area contributed by atoms with Crippen LogP contribution in [0.5, 0.6) is 0 Å². The van der Waals surface area contributed by atoms with Crippen LogP contribution in [-0.2, 0) is 13.0 Å². The predicted molar refractivity (Wildman–Crippen MR) is 54.9 cm³/mol. The fourth-order valence-electron chi connectivity index (χ4n) is 1.35. The lowest BCUT2D eigenvalue weighted by atomic mass is 10.2. The Kier molecular flexibility index (Phi) is 2.75. The molecule has 1 aromatic heterocycles. The van der Waals surface area contributed by atoms with Crippen molar-refractivity contribution in [2.45, 2.75) is 13.0 Å². The normalized spacial score (nSPS) is 9.80. The van der Waals surface area contributed by atoms with Crippen LogP contribution in [-0.4, -0.2) is 15.0 Å². The smallest absolute Gasteiger partial charge is 0.0967 e. The average molecular weight is 198 g/mol. The molecule has 0 N–H and O–H groups in total. The molecule has 0 saturated carbocycles. The van der Waals surface area contributed by atoms with E-state index in [1.807, 2.05) is 36.4 Å². The largest absolute Gasteiger partial charge is 0.248 e. The first-order valence-corrected chi connectivity index (χ1v) is 4.68. The van der Waals surface area contributed by atoms with Crippen LogP contribution in [0, 0.1) is 11.3 Å². The van der Waals surface area contributed by atoms with Gasteiger partial charge in [-0.2, -0.15) is 5.26 Å². The van der Waals surface area contributed by atoms with Crippen molar-refractivity contribution >= 4 is 0 Å². The van der Waals surface area contributed by atoms with E-state index in [0.717, 1.165) is 0 Å². The summed E-state index contributed by atoms with van der Waals surface area (Å²) in [7, 11) is 0. The Balaban J connectivity index is 2.09. The van der Waals surface area contributed by atoms with E-state index in [9.17, 15) is 0 Å². The van der Waals surface area contributed by atoms with Gasteiger partial charge in [0.05, 0.1) is 24.7 Å². The summed E-state index contributed by atoms with van der Waals surface area (Å²) in [5.41, 5.74) is 1.89. The molecule has 1 heterocycles. The predicted octanol–water partition coefficient (Wildman–Crippen LogP) is 1.39. The van der Waals surface area contributed by atoms with E-state index in [2.05, 4.69) is 10.3 Å². The van der Waals surface area contributed by atoms with Gasteiger partial charge in [0, 0.05) is 6.20 Å². The maximum absolute atomic E-state index is 8.49. The summed E-state index contributed by atoms with van der Waals surface area (Å²) in [6, 6.07) is 12.1. The van der Waals surface area contributed by atoms with E-state index in [1.165, 1.54) is 5.56 Å². The highest BCUT2D eigenvalue weighted by atomic mass is 15.4. The second-order valence-electron chi connectivity index (χ2n) is 3.23. The van der Waals surface area contributed by atoms with Crippen LogP contribution in [0.15, 0.2) is 36.5 Å². The molecule has 0 bridgehead atoms. The number of rotatable bonds is 3.